The van der Waals surface area contributed by atoms with Crippen LogP contribution in [0.2, 0.25) is 0 Å². The van der Waals surface area contributed by atoms with Gasteiger partial charge in [0.05, 0.1) is 0 Å². The summed E-state index contributed by atoms with van der Waals surface area (Å²) in [6, 6.07) is 0.546. The van der Waals surface area contributed by atoms with Crippen molar-refractivity contribution in [2.24, 2.45) is 29.4 Å². The van der Waals surface area contributed by atoms with E-state index in [1.807, 2.05) is 0 Å². The van der Waals surface area contributed by atoms with Crippen LogP contribution >= 0.6 is 0 Å². The van der Waals surface area contributed by atoms with E-state index in [0.29, 0.717) is 6.04 Å². The van der Waals surface area contributed by atoms with Gasteiger partial charge in [-0.3, -0.25) is 0 Å². The van der Waals surface area contributed by atoms with E-state index in [9.17, 15) is 0 Å². The standard InChI is InChI=1S/C9H17N/c1-5-3-7(5)9(10)8-4-6(8)2/h5-9H,3-4,10H2,1-2H3/t5-,6+,7+,8-,9?. The highest BCUT2D eigenvalue weighted by atomic mass is 14.8. The van der Waals surface area contributed by atoms with Crippen LogP contribution in [0.15, 0.2) is 0 Å². The predicted octanol–water partition coefficient (Wildman–Crippen LogP) is 1.63. The van der Waals surface area contributed by atoms with Crippen molar-refractivity contribution in [3.05, 3.63) is 0 Å². The Bertz CT molecular complexity index is 128. The lowest BCUT2D eigenvalue weighted by molar-refractivity contribution is 0.485. The van der Waals surface area contributed by atoms with Gasteiger partial charge in [0.25, 0.3) is 0 Å². The van der Waals surface area contributed by atoms with Crippen LogP contribution in [-0.2, 0) is 0 Å². The maximum absolute atomic E-state index is 6.07. The largest absolute Gasteiger partial charge is 0.327 e. The summed E-state index contributed by atoms with van der Waals surface area (Å²) in [4.78, 5) is 0. The highest BCUT2D eigenvalue weighted by Crippen LogP contribution is 2.50. The summed E-state index contributed by atoms with van der Waals surface area (Å²) >= 11 is 0. The van der Waals surface area contributed by atoms with Crippen LogP contribution in [0.1, 0.15) is 26.7 Å². The SMILES string of the molecule is C[C@@H]1C[C@@H]1C(N)[C@@H]1C[C@@H]1C. The molecule has 1 nitrogen and oxygen atoms in total. The third-order valence-electron chi connectivity index (χ3n) is 3.33. The van der Waals surface area contributed by atoms with Gasteiger partial charge < -0.3 is 5.73 Å². The van der Waals surface area contributed by atoms with E-state index in [1.165, 1.54) is 12.8 Å². The minimum atomic E-state index is 0.546. The maximum atomic E-state index is 6.07. The number of hydrogen-bond donors (Lipinski definition) is 1. The first-order valence-electron chi connectivity index (χ1n) is 4.45. The van der Waals surface area contributed by atoms with Crippen molar-refractivity contribution < 1.29 is 0 Å². The van der Waals surface area contributed by atoms with E-state index in [0.717, 1.165) is 23.7 Å². The predicted molar refractivity (Wildman–Crippen MR) is 42.5 cm³/mol. The molecule has 2 fully saturated rings. The van der Waals surface area contributed by atoms with Crippen molar-refractivity contribution in [3.63, 3.8) is 0 Å². The highest BCUT2D eigenvalue weighted by Gasteiger charge is 2.47. The van der Waals surface area contributed by atoms with Crippen LogP contribution in [0.25, 0.3) is 0 Å². The normalized spacial score (nSPS) is 54.3. The molecule has 0 radical (unpaired) electrons. The molecule has 5 atom stereocenters. The minimum absolute atomic E-state index is 0.546. The van der Waals surface area contributed by atoms with E-state index in [4.69, 9.17) is 5.73 Å². The van der Waals surface area contributed by atoms with E-state index in [2.05, 4.69) is 13.8 Å². The minimum Gasteiger partial charge on any atom is -0.327 e. The topological polar surface area (TPSA) is 26.0 Å². The van der Waals surface area contributed by atoms with Crippen LogP contribution in [-0.4, -0.2) is 6.04 Å². The van der Waals surface area contributed by atoms with E-state index >= 15 is 0 Å². The van der Waals surface area contributed by atoms with Crippen molar-refractivity contribution in [2.45, 2.75) is 32.7 Å². The zero-order valence-electron chi connectivity index (χ0n) is 6.88. The molecular weight excluding hydrogens is 122 g/mol. The van der Waals surface area contributed by atoms with Gasteiger partial charge in [0.2, 0.25) is 0 Å². The summed E-state index contributed by atoms with van der Waals surface area (Å²) < 4.78 is 0. The second-order valence-electron chi connectivity index (χ2n) is 4.33. The van der Waals surface area contributed by atoms with Gasteiger partial charge in [-0.25, -0.2) is 0 Å². The Morgan fingerprint density at radius 3 is 1.60 bits per heavy atom. The van der Waals surface area contributed by atoms with Crippen molar-refractivity contribution in [1.29, 1.82) is 0 Å². The quantitative estimate of drug-likeness (QED) is 0.618. The van der Waals surface area contributed by atoms with Gasteiger partial charge in [0.1, 0.15) is 0 Å². The number of rotatable bonds is 2. The summed E-state index contributed by atoms with van der Waals surface area (Å²) in [7, 11) is 0. The average Bonchev–Trinajstić information content (AvgIpc) is 2.70. The van der Waals surface area contributed by atoms with Crippen LogP contribution in [0.5, 0.6) is 0 Å². The second-order valence-corrected chi connectivity index (χ2v) is 4.33. The number of nitrogens with two attached hydrogens (primary N) is 1. The zero-order valence-corrected chi connectivity index (χ0v) is 6.88. The first-order valence-corrected chi connectivity index (χ1v) is 4.45. The van der Waals surface area contributed by atoms with Crippen molar-refractivity contribution in [2.75, 3.05) is 0 Å². The number of hydrogen-bond acceptors (Lipinski definition) is 1. The lowest BCUT2D eigenvalue weighted by Gasteiger charge is -2.08. The molecule has 2 rings (SSSR count). The molecule has 2 aliphatic carbocycles. The molecule has 2 N–H and O–H groups in total. The van der Waals surface area contributed by atoms with Crippen molar-refractivity contribution in [3.8, 4) is 0 Å². The molecule has 0 heterocycles. The molecule has 0 aromatic heterocycles. The van der Waals surface area contributed by atoms with Gasteiger partial charge in [0, 0.05) is 6.04 Å². The molecule has 0 aliphatic heterocycles. The molecule has 0 aromatic rings. The smallest absolute Gasteiger partial charge is 0.0101 e. The Morgan fingerprint density at radius 1 is 1.10 bits per heavy atom. The Morgan fingerprint density at radius 2 is 1.40 bits per heavy atom. The molecular formula is C9H17N. The second kappa shape index (κ2) is 1.97. The molecule has 0 amide bonds. The van der Waals surface area contributed by atoms with Crippen LogP contribution in [0.4, 0.5) is 0 Å². The Kier molecular flexibility index (Phi) is 1.31. The molecule has 1 unspecified atom stereocenters. The van der Waals surface area contributed by atoms with Crippen LogP contribution < -0.4 is 5.73 Å². The molecule has 1 heteroatoms. The summed E-state index contributed by atoms with van der Waals surface area (Å²) in [5.41, 5.74) is 6.07. The molecule has 58 valence electrons. The third kappa shape index (κ3) is 0.968. The monoisotopic (exact) mass is 139 g/mol. The summed E-state index contributed by atoms with van der Waals surface area (Å²) in [5, 5.41) is 0. The fourth-order valence-electron chi connectivity index (χ4n) is 2.09. The average molecular weight is 139 g/mol. The molecule has 0 aromatic carbocycles. The maximum Gasteiger partial charge on any atom is 0.0101 e. The van der Waals surface area contributed by atoms with Gasteiger partial charge >= 0.3 is 0 Å². The van der Waals surface area contributed by atoms with Crippen LogP contribution in [0.3, 0.4) is 0 Å². The van der Waals surface area contributed by atoms with Gasteiger partial charge in [-0.05, 0) is 36.5 Å². The van der Waals surface area contributed by atoms with Gasteiger partial charge in [-0.2, -0.15) is 0 Å². The van der Waals surface area contributed by atoms with Gasteiger partial charge in [-0.1, -0.05) is 13.8 Å². The fraction of sp³-hybridized carbons (Fsp3) is 1.00. The Hall–Kier alpha value is -0.0400. The van der Waals surface area contributed by atoms with Crippen LogP contribution in [0, 0.1) is 23.7 Å². The highest BCUT2D eigenvalue weighted by molar-refractivity contribution is 5.00. The molecule has 0 bridgehead atoms. The zero-order chi connectivity index (χ0) is 7.30. The lowest BCUT2D eigenvalue weighted by Crippen LogP contribution is -2.26. The van der Waals surface area contributed by atoms with E-state index in [1.54, 1.807) is 0 Å². The molecule has 2 aliphatic rings. The first-order chi connectivity index (χ1) is 4.70. The first kappa shape index (κ1) is 6.66. The fourth-order valence-corrected chi connectivity index (χ4v) is 2.09. The van der Waals surface area contributed by atoms with E-state index in [-0.39, 0.29) is 0 Å². The summed E-state index contributed by atoms with van der Waals surface area (Å²) in [6.07, 6.45) is 2.79. The molecule has 0 spiro atoms. The Labute approximate surface area is 63.0 Å². The van der Waals surface area contributed by atoms with Crippen molar-refractivity contribution >= 4 is 0 Å². The third-order valence-corrected chi connectivity index (χ3v) is 3.33. The van der Waals surface area contributed by atoms with Gasteiger partial charge in [-0.15, -0.1) is 0 Å². The van der Waals surface area contributed by atoms with E-state index < -0.39 is 0 Å². The molecule has 2 saturated carbocycles. The van der Waals surface area contributed by atoms with Gasteiger partial charge in [0.15, 0.2) is 0 Å². The summed E-state index contributed by atoms with van der Waals surface area (Å²) in [5.74, 6) is 3.63. The molecule has 0 saturated heterocycles. The lowest BCUT2D eigenvalue weighted by atomic mass is 10.1. The van der Waals surface area contributed by atoms with Crippen molar-refractivity contribution in [1.82, 2.24) is 0 Å². The molecule has 10 heavy (non-hydrogen) atoms. The summed E-state index contributed by atoms with van der Waals surface area (Å²) in [6.45, 7) is 4.63. The Balaban J connectivity index is 1.83.